The maximum absolute atomic E-state index is 12.4. The Balaban J connectivity index is 1.49. The van der Waals surface area contributed by atoms with Gasteiger partial charge in [-0.15, -0.1) is 11.3 Å². The molecule has 29 heavy (non-hydrogen) atoms. The number of aryl methyl sites for hydroxylation is 2. The second-order valence-electron chi connectivity index (χ2n) is 7.18. The second kappa shape index (κ2) is 10.4. The van der Waals surface area contributed by atoms with E-state index in [0.29, 0.717) is 36.6 Å². The molecule has 0 radical (unpaired) electrons. The summed E-state index contributed by atoms with van der Waals surface area (Å²) in [6.07, 6.45) is 6.05. The van der Waals surface area contributed by atoms with Crippen LogP contribution in [0.5, 0.6) is 5.75 Å². The molecule has 0 saturated heterocycles. The van der Waals surface area contributed by atoms with Crippen LogP contribution in [0.15, 0.2) is 24.3 Å². The van der Waals surface area contributed by atoms with Crippen LogP contribution in [0, 0.1) is 0 Å². The van der Waals surface area contributed by atoms with Gasteiger partial charge in [-0.05, 0) is 62.3 Å². The van der Waals surface area contributed by atoms with E-state index in [2.05, 4.69) is 24.4 Å². The third-order valence-corrected chi connectivity index (χ3v) is 6.14. The third-order valence-electron chi connectivity index (χ3n) is 4.93. The summed E-state index contributed by atoms with van der Waals surface area (Å²) in [5.74, 6) is 0.388. The van der Waals surface area contributed by atoms with Crippen LogP contribution in [0.2, 0.25) is 0 Å². The highest BCUT2D eigenvalue weighted by Gasteiger charge is 2.28. The fraction of sp³-hybridized carbons (Fsp3) is 0.478. The molecule has 5 nitrogen and oxygen atoms in total. The molecule has 2 aromatic rings. The Kier molecular flexibility index (Phi) is 7.69. The Morgan fingerprint density at radius 1 is 1.14 bits per heavy atom. The number of benzene rings is 1. The number of anilines is 1. The molecule has 0 atom stereocenters. The van der Waals surface area contributed by atoms with E-state index in [1.165, 1.54) is 21.8 Å². The zero-order valence-corrected chi connectivity index (χ0v) is 18.0. The van der Waals surface area contributed by atoms with Gasteiger partial charge in [0.2, 0.25) is 5.91 Å². The van der Waals surface area contributed by atoms with Crippen molar-refractivity contribution in [1.29, 1.82) is 0 Å². The molecular formula is C23H29NO4S. The van der Waals surface area contributed by atoms with Crippen LogP contribution in [-0.2, 0) is 28.8 Å². The largest absolute Gasteiger partial charge is 0.494 e. The van der Waals surface area contributed by atoms with Crippen LogP contribution in [0.1, 0.15) is 65.9 Å². The summed E-state index contributed by atoms with van der Waals surface area (Å²) in [7, 11) is 0. The molecule has 0 unspecified atom stereocenters. The standard InChI is InChI=1S/C23H29NO4S/c1-3-7-16-11-13-17(14-12-16)28-15-6-10-20(25)24-22-21(23(26)27-4-2)18-8-5-9-19(18)29-22/h11-14H,3-10,15H2,1-2H3,(H,24,25). The van der Waals surface area contributed by atoms with Crippen LogP contribution < -0.4 is 10.1 Å². The Bertz CT molecular complexity index is 841. The Morgan fingerprint density at radius 3 is 2.66 bits per heavy atom. The molecule has 0 saturated carbocycles. The second-order valence-corrected chi connectivity index (χ2v) is 8.28. The normalized spacial score (nSPS) is 12.5. The fourth-order valence-corrected chi connectivity index (χ4v) is 4.86. The average Bonchev–Trinajstić information content (AvgIpc) is 3.27. The fourth-order valence-electron chi connectivity index (χ4n) is 3.56. The van der Waals surface area contributed by atoms with Crippen molar-refractivity contribution < 1.29 is 19.1 Å². The van der Waals surface area contributed by atoms with Crippen LogP contribution in [0.25, 0.3) is 0 Å². The van der Waals surface area contributed by atoms with Crippen molar-refractivity contribution >= 4 is 28.2 Å². The molecule has 1 N–H and O–H groups in total. The quantitative estimate of drug-likeness (QED) is 0.430. The number of rotatable bonds is 10. The average molecular weight is 416 g/mol. The van der Waals surface area contributed by atoms with Crippen LogP contribution in [0.4, 0.5) is 5.00 Å². The first-order valence-electron chi connectivity index (χ1n) is 10.5. The number of amides is 1. The predicted octanol–water partition coefficient (Wildman–Crippen LogP) is 5.16. The van der Waals surface area contributed by atoms with Crippen molar-refractivity contribution in [2.24, 2.45) is 0 Å². The maximum Gasteiger partial charge on any atom is 0.341 e. The molecule has 0 spiro atoms. The minimum Gasteiger partial charge on any atom is -0.494 e. The molecule has 6 heteroatoms. The topological polar surface area (TPSA) is 64.6 Å². The monoisotopic (exact) mass is 415 g/mol. The number of ether oxygens (including phenoxy) is 2. The SMILES string of the molecule is CCCc1ccc(OCCCC(=O)Nc2sc3c(c2C(=O)OCC)CCC3)cc1. The number of hydrogen-bond donors (Lipinski definition) is 1. The third kappa shape index (κ3) is 5.60. The molecule has 1 amide bonds. The lowest BCUT2D eigenvalue weighted by atomic mass is 10.1. The van der Waals surface area contributed by atoms with E-state index >= 15 is 0 Å². The minimum atomic E-state index is -0.336. The van der Waals surface area contributed by atoms with E-state index in [9.17, 15) is 9.59 Å². The number of carbonyl (C=O) groups is 2. The lowest BCUT2D eigenvalue weighted by molar-refractivity contribution is -0.116. The number of esters is 1. The van der Waals surface area contributed by atoms with Crippen molar-refractivity contribution in [2.45, 2.75) is 58.8 Å². The lowest BCUT2D eigenvalue weighted by Gasteiger charge is -2.09. The Morgan fingerprint density at radius 2 is 1.93 bits per heavy atom. The molecular weight excluding hydrogens is 386 g/mol. The van der Waals surface area contributed by atoms with Gasteiger partial charge in [0, 0.05) is 11.3 Å². The summed E-state index contributed by atoms with van der Waals surface area (Å²) in [5, 5.41) is 3.55. The molecule has 0 aliphatic heterocycles. The van der Waals surface area contributed by atoms with Crippen molar-refractivity contribution in [3.05, 3.63) is 45.8 Å². The minimum absolute atomic E-state index is 0.0997. The van der Waals surface area contributed by atoms with Gasteiger partial charge in [0.25, 0.3) is 0 Å². The zero-order chi connectivity index (χ0) is 20.6. The number of fused-ring (bicyclic) bond motifs is 1. The Labute approximate surface area is 176 Å². The first kappa shape index (κ1) is 21.4. The predicted molar refractivity (Wildman–Crippen MR) is 116 cm³/mol. The van der Waals surface area contributed by atoms with Crippen molar-refractivity contribution in [2.75, 3.05) is 18.5 Å². The molecule has 1 aliphatic carbocycles. The summed E-state index contributed by atoms with van der Waals surface area (Å²) in [4.78, 5) is 25.9. The smallest absolute Gasteiger partial charge is 0.341 e. The summed E-state index contributed by atoms with van der Waals surface area (Å²) in [6, 6.07) is 8.12. The highest BCUT2D eigenvalue weighted by molar-refractivity contribution is 7.17. The number of thiophene rings is 1. The van der Waals surface area contributed by atoms with Gasteiger partial charge in [-0.1, -0.05) is 25.5 Å². The number of nitrogens with one attached hydrogen (secondary N) is 1. The maximum atomic E-state index is 12.4. The number of carbonyl (C=O) groups excluding carboxylic acids is 2. The van der Waals surface area contributed by atoms with Crippen LogP contribution in [0.3, 0.4) is 0 Å². The summed E-state index contributed by atoms with van der Waals surface area (Å²) >= 11 is 1.51. The van der Waals surface area contributed by atoms with E-state index in [4.69, 9.17) is 9.47 Å². The van der Waals surface area contributed by atoms with Gasteiger partial charge < -0.3 is 14.8 Å². The van der Waals surface area contributed by atoms with Gasteiger partial charge in [0.1, 0.15) is 10.8 Å². The molecule has 1 aromatic carbocycles. The van der Waals surface area contributed by atoms with E-state index in [1.807, 2.05) is 12.1 Å². The highest BCUT2D eigenvalue weighted by Crippen LogP contribution is 2.39. The molecule has 0 fully saturated rings. The summed E-state index contributed by atoms with van der Waals surface area (Å²) in [5.41, 5.74) is 2.92. The van der Waals surface area contributed by atoms with Crippen LogP contribution >= 0.6 is 11.3 Å². The van der Waals surface area contributed by atoms with Crippen molar-refractivity contribution in [3.63, 3.8) is 0 Å². The molecule has 0 bridgehead atoms. The number of hydrogen-bond acceptors (Lipinski definition) is 5. The van der Waals surface area contributed by atoms with Gasteiger partial charge in [0.15, 0.2) is 0 Å². The van der Waals surface area contributed by atoms with E-state index in [1.54, 1.807) is 6.92 Å². The zero-order valence-electron chi connectivity index (χ0n) is 17.2. The summed E-state index contributed by atoms with van der Waals surface area (Å²) in [6.45, 7) is 4.76. The Hall–Kier alpha value is -2.34. The van der Waals surface area contributed by atoms with Gasteiger partial charge in [-0.2, -0.15) is 0 Å². The summed E-state index contributed by atoms with van der Waals surface area (Å²) < 4.78 is 10.9. The first-order valence-corrected chi connectivity index (χ1v) is 11.3. The van der Waals surface area contributed by atoms with Crippen molar-refractivity contribution in [3.8, 4) is 5.75 Å². The van der Waals surface area contributed by atoms with E-state index in [0.717, 1.165) is 43.4 Å². The van der Waals surface area contributed by atoms with Gasteiger partial charge in [-0.25, -0.2) is 4.79 Å². The molecule has 3 rings (SSSR count). The van der Waals surface area contributed by atoms with Gasteiger partial charge in [-0.3, -0.25) is 4.79 Å². The van der Waals surface area contributed by atoms with Crippen molar-refractivity contribution in [1.82, 2.24) is 0 Å². The molecule has 1 heterocycles. The van der Waals surface area contributed by atoms with E-state index < -0.39 is 0 Å². The molecule has 1 aliphatic rings. The van der Waals surface area contributed by atoms with E-state index in [-0.39, 0.29) is 11.9 Å². The molecule has 156 valence electrons. The molecule has 1 aromatic heterocycles. The highest BCUT2D eigenvalue weighted by atomic mass is 32.1. The van der Waals surface area contributed by atoms with Gasteiger partial charge >= 0.3 is 5.97 Å². The lowest BCUT2D eigenvalue weighted by Crippen LogP contribution is -2.15. The van der Waals surface area contributed by atoms with Crippen LogP contribution in [-0.4, -0.2) is 25.1 Å². The first-order chi connectivity index (χ1) is 14.1. The van der Waals surface area contributed by atoms with Gasteiger partial charge in [0.05, 0.1) is 18.8 Å².